The standard InChI is InChI=1S/C15H13FN2O/c1-10(2)18-14(8-5-12(9-17)15(18)19)11-3-6-13(16)7-4-11/h3-8,10H,1-2H3. The van der Waals surface area contributed by atoms with Gasteiger partial charge in [0.1, 0.15) is 17.4 Å². The van der Waals surface area contributed by atoms with Crippen molar-refractivity contribution >= 4 is 0 Å². The summed E-state index contributed by atoms with van der Waals surface area (Å²) in [6.07, 6.45) is 0. The van der Waals surface area contributed by atoms with Crippen LogP contribution >= 0.6 is 0 Å². The van der Waals surface area contributed by atoms with Crippen molar-refractivity contribution in [3.05, 3.63) is 58.1 Å². The van der Waals surface area contributed by atoms with Crippen molar-refractivity contribution in [3.8, 4) is 17.3 Å². The highest BCUT2D eigenvalue weighted by Gasteiger charge is 2.12. The van der Waals surface area contributed by atoms with E-state index in [4.69, 9.17) is 5.26 Å². The second kappa shape index (κ2) is 5.07. The van der Waals surface area contributed by atoms with Gasteiger partial charge in [0.25, 0.3) is 5.56 Å². The SMILES string of the molecule is CC(C)n1c(-c2ccc(F)cc2)ccc(C#N)c1=O. The molecule has 2 aromatic rings. The molecule has 0 aliphatic carbocycles. The average molecular weight is 256 g/mol. The van der Waals surface area contributed by atoms with E-state index in [0.717, 1.165) is 5.56 Å². The van der Waals surface area contributed by atoms with Crippen molar-refractivity contribution in [1.82, 2.24) is 4.57 Å². The Balaban J connectivity index is 2.71. The van der Waals surface area contributed by atoms with Gasteiger partial charge in [-0.2, -0.15) is 5.26 Å². The Morgan fingerprint density at radius 3 is 2.32 bits per heavy atom. The van der Waals surface area contributed by atoms with E-state index >= 15 is 0 Å². The molecule has 1 aromatic carbocycles. The molecule has 96 valence electrons. The van der Waals surface area contributed by atoms with E-state index < -0.39 is 0 Å². The number of rotatable bonds is 2. The molecule has 4 heteroatoms. The lowest BCUT2D eigenvalue weighted by molar-refractivity contribution is 0.583. The zero-order valence-electron chi connectivity index (χ0n) is 10.7. The Kier molecular flexibility index (Phi) is 3.48. The van der Waals surface area contributed by atoms with Gasteiger partial charge < -0.3 is 4.57 Å². The van der Waals surface area contributed by atoms with E-state index in [0.29, 0.717) is 5.69 Å². The summed E-state index contributed by atoms with van der Waals surface area (Å²) in [5.41, 5.74) is 1.22. The van der Waals surface area contributed by atoms with Crippen LogP contribution < -0.4 is 5.56 Å². The summed E-state index contributed by atoms with van der Waals surface area (Å²) in [5, 5.41) is 8.91. The maximum absolute atomic E-state index is 12.9. The van der Waals surface area contributed by atoms with Gasteiger partial charge in [-0.3, -0.25) is 4.79 Å². The molecule has 0 fully saturated rings. The highest BCUT2D eigenvalue weighted by Crippen LogP contribution is 2.21. The number of aromatic nitrogens is 1. The first-order valence-corrected chi connectivity index (χ1v) is 5.96. The summed E-state index contributed by atoms with van der Waals surface area (Å²) in [6.45, 7) is 3.74. The highest BCUT2D eigenvalue weighted by atomic mass is 19.1. The highest BCUT2D eigenvalue weighted by molar-refractivity contribution is 5.60. The molecule has 0 amide bonds. The fraction of sp³-hybridized carbons (Fsp3) is 0.200. The van der Waals surface area contributed by atoms with Gasteiger partial charge in [0, 0.05) is 6.04 Å². The normalized spacial score (nSPS) is 10.5. The molecule has 0 radical (unpaired) electrons. The third kappa shape index (κ3) is 2.41. The predicted octanol–water partition coefficient (Wildman–Crippen LogP) is 3.11. The van der Waals surface area contributed by atoms with Crippen LogP contribution in [0.25, 0.3) is 11.3 Å². The Morgan fingerprint density at radius 2 is 1.79 bits per heavy atom. The molecule has 0 N–H and O–H groups in total. The van der Waals surface area contributed by atoms with Crippen LogP contribution in [-0.4, -0.2) is 4.57 Å². The van der Waals surface area contributed by atoms with Gasteiger partial charge in [-0.25, -0.2) is 4.39 Å². The third-order valence-corrected chi connectivity index (χ3v) is 2.89. The van der Waals surface area contributed by atoms with E-state index in [1.54, 1.807) is 22.8 Å². The van der Waals surface area contributed by atoms with Crippen molar-refractivity contribution in [1.29, 1.82) is 5.26 Å². The van der Waals surface area contributed by atoms with E-state index in [2.05, 4.69) is 0 Å². The van der Waals surface area contributed by atoms with Crippen molar-refractivity contribution in [2.45, 2.75) is 19.9 Å². The number of nitriles is 1. The lowest BCUT2D eigenvalue weighted by Gasteiger charge is -2.16. The number of nitrogens with zero attached hydrogens (tertiary/aromatic N) is 2. The summed E-state index contributed by atoms with van der Waals surface area (Å²) < 4.78 is 14.5. The van der Waals surface area contributed by atoms with Crippen LogP contribution in [0.3, 0.4) is 0 Å². The monoisotopic (exact) mass is 256 g/mol. The zero-order valence-corrected chi connectivity index (χ0v) is 10.7. The summed E-state index contributed by atoms with van der Waals surface area (Å²) in [7, 11) is 0. The van der Waals surface area contributed by atoms with Crippen LogP contribution in [0.15, 0.2) is 41.2 Å². The van der Waals surface area contributed by atoms with Gasteiger partial charge in [-0.05, 0) is 55.8 Å². The first-order chi connectivity index (χ1) is 9.04. The minimum Gasteiger partial charge on any atom is -0.305 e. The molecule has 19 heavy (non-hydrogen) atoms. The summed E-state index contributed by atoms with van der Waals surface area (Å²) >= 11 is 0. The molecule has 1 heterocycles. The van der Waals surface area contributed by atoms with Crippen LogP contribution in [0.1, 0.15) is 25.5 Å². The number of halogens is 1. The van der Waals surface area contributed by atoms with Gasteiger partial charge in [-0.1, -0.05) is 0 Å². The fourth-order valence-corrected chi connectivity index (χ4v) is 2.01. The molecule has 0 unspecified atom stereocenters. The molecule has 0 saturated carbocycles. The predicted molar refractivity (Wildman–Crippen MR) is 71.2 cm³/mol. The molecule has 1 aromatic heterocycles. The fourth-order valence-electron chi connectivity index (χ4n) is 2.01. The number of benzene rings is 1. The first-order valence-electron chi connectivity index (χ1n) is 5.96. The molecule has 0 aliphatic rings. The first kappa shape index (κ1) is 13.0. The summed E-state index contributed by atoms with van der Waals surface area (Å²) in [5.74, 6) is -0.323. The average Bonchev–Trinajstić information content (AvgIpc) is 2.38. The molecule has 0 aliphatic heterocycles. The lowest BCUT2D eigenvalue weighted by atomic mass is 10.1. The van der Waals surface area contributed by atoms with Crippen molar-refractivity contribution in [2.24, 2.45) is 0 Å². The second-order valence-corrected chi connectivity index (χ2v) is 4.52. The maximum atomic E-state index is 12.9. The van der Waals surface area contributed by atoms with Crippen LogP contribution in [0.5, 0.6) is 0 Å². The summed E-state index contributed by atoms with van der Waals surface area (Å²) in [4.78, 5) is 12.2. The number of pyridine rings is 1. The van der Waals surface area contributed by atoms with E-state index in [-0.39, 0.29) is 23.0 Å². The van der Waals surface area contributed by atoms with Crippen LogP contribution in [0, 0.1) is 17.1 Å². The van der Waals surface area contributed by atoms with Gasteiger partial charge in [0.15, 0.2) is 0 Å². The molecule has 0 spiro atoms. The van der Waals surface area contributed by atoms with Crippen molar-refractivity contribution in [2.75, 3.05) is 0 Å². The number of hydrogen-bond acceptors (Lipinski definition) is 2. The molecule has 0 atom stereocenters. The Bertz CT molecular complexity index is 694. The zero-order chi connectivity index (χ0) is 14.0. The summed E-state index contributed by atoms with van der Waals surface area (Å²) in [6, 6.07) is 11.0. The van der Waals surface area contributed by atoms with Crippen LogP contribution in [0.2, 0.25) is 0 Å². The topological polar surface area (TPSA) is 45.8 Å². The van der Waals surface area contributed by atoms with Gasteiger partial charge in [-0.15, -0.1) is 0 Å². The van der Waals surface area contributed by atoms with E-state index in [1.807, 2.05) is 19.9 Å². The lowest BCUT2D eigenvalue weighted by Crippen LogP contribution is -2.25. The van der Waals surface area contributed by atoms with Crippen LogP contribution in [-0.2, 0) is 0 Å². The Labute approximate surface area is 110 Å². The molecule has 0 saturated heterocycles. The van der Waals surface area contributed by atoms with Crippen LogP contribution in [0.4, 0.5) is 4.39 Å². The third-order valence-electron chi connectivity index (χ3n) is 2.89. The quantitative estimate of drug-likeness (QED) is 0.828. The van der Waals surface area contributed by atoms with E-state index in [9.17, 15) is 9.18 Å². The van der Waals surface area contributed by atoms with Crippen molar-refractivity contribution < 1.29 is 4.39 Å². The van der Waals surface area contributed by atoms with Gasteiger partial charge in [0.05, 0.1) is 5.69 Å². The maximum Gasteiger partial charge on any atom is 0.269 e. The molecular weight excluding hydrogens is 243 g/mol. The number of hydrogen-bond donors (Lipinski definition) is 0. The van der Waals surface area contributed by atoms with E-state index in [1.165, 1.54) is 18.2 Å². The smallest absolute Gasteiger partial charge is 0.269 e. The second-order valence-electron chi connectivity index (χ2n) is 4.52. The van der Waals surface area contributed by atoms with Gasteiger partial charge >= 0.3 is 0 Å². The minimum absolute atomic E-state index is 0.0825. The Morgan fingerprint density at radius 1 is 1.16 bits per heavy atom. The molecule has 3 nitrogen and oxygen atoms in total. The molecule has 2 rings (SSSR count). The van der Waals surface area contributed by atoms with Gasteiger partial charge in [0.2, 0.25) is 0 Å². The largest absolute Gasteiger partial charge is 0.305 e. The molecular formula is C15H13FN2O. The molecule has 0 bridgehead atoms. The van der Waals surface area contributed by atoms with Crippen molar-refractivity contribution in [3.63, 3.8) is 0 Å². The minimum atomic E-state index is -0.323. The Hall–Kier alpha value is -2.41.